The van der Waals surface area contributed by atoms with Crippen LogP contribution in [-0.2, 0) is 53.5 Å². The van der Waals surface area contributed by atoms with Crippen molar-refractivity contribution in [3.8, 4) is 0 Å². The van der Waals surface area contributed by atoms with E-state index < -0.39 is 26.1 Å². The van der Waals surface area contributed by atoms with Gasteiger partial charge in [0, 0.05) is 33.2 Å². The number of carbonyl (C=O) groups is 1. The molecule has 3 heterocycles. The van der Waals surface area contributed by atoms with Crippen molar-refractivity contribution in [2.75, 3.05) is 6.61 Å². The molecule has 1 aromatic heterocycles. The molecule has 4 atom stereocenters. The Labute approximate surface area is 320 Å². The van der Waals surface area contributed by atoms with E-state index in [0.29, 0.717) is 32.7 Å². The lowest BCUT2D eigenvalue weighted by molar-refractivity contribution is -0.157. The minimum absolute atomic E-state index is 0.0694. The van der Waals surface area contributed by atoms with Gasteiger partial charge in [-0.05, 0) is 72.7 Å². The van der Waals surface area contributed by atoms with Gasteiger partial charge in [-0.3, -0.25) is 0 Å². The van der Waals surface area contributed by atoms with Crippen molar-refractivity contribution in [2.24, 2.45) is 0 Å². The van der Waals surface area contributed by atoms with Gasteiger partial charge in [-0.1, -0.05) is 111 Å². The number of benzene rings is 4. The quantitative estimate of drug-likeness (QED) is 0.0915. The SMILES string of the molecule is CC1(C)O[C@@H]2[C@@H](O1)[C@@H](Cc1ccccc1)N(Cc1ccc3c(cnn3COCC[Si](C)(C)C)c1)C(=O)N(Cc1cccc(CO)c1)[C@@H]2Cc1ccccc1. The summed E-state index contributed by atoms with van der Waals surface area (Å²) in [6.07, 6.45) is 2.30. The normalized spacial score (nSPS) is 21.4. The Kier molecular flexibility index (Phi) is 11.4. The molecule has 1 N–H and O–H groups in total. The van der Waals surface area contributed by atoms with Crippen LogP contribution in [0.25, 0.3) is 10.9 Å². The van der Waals surface area contributed by atoms with Crippen LogP contribution in [0.5, 0.6) is 0 Å². The molecule has 2 amide bonds. The predicted molar refractivity (Wildman–Crippen MR) is 214 cm³/mol. The first kappa shape index (κ1) is 38.0. The lowest BCUT2D eigenvalue weighted by atomic mass is 9.91. The van der Waals surface area contributed by atoms with Crippen LogP contribution in [0.1, 0.15) is 41.7 Å². The van der Waals surface area contributed by atoms with Gasteiger partial charge in [0.2, 0.25) is 0 Å². The topological polar surface area (TPSA) is 89.3 Å². The number of hydrogen-bond donors (Lipinski definition) is 1. The van der Waals surface area contributed by atoms with Crippen LogP contribution in [0, 0.1) is 0 Å². The van der Waals surface area contributed by atoms with Crippen LogP contribution < -0.4 is 0 Å². The second-order valence-electron chi connectivity index (χ2n) is 16.5. The van der Waals surface area contributed by atoms with Crippen molar-refractivity contribution in [1.82, 2.24) is 19.6 Å². The maximum Gasteiger partial charge on any atom is 0.321 e. The molecular formula is C44H54N4O5Si. The second-order valence-corrected chi connectivity index (χ2v) is 22.1. The zero-order valence-electron chi connectivity index (χ0n) is 32.2. The lowest BCUT2D eigenvalue weighted by Crippen LogP contribution is -2.51. The zero-order valence-corrected chi connectivity index (χ0v) is 33.2. The Morgan fingerprint density at radius 1 is 0.741 bits per heavy atom. The third kappa shape index (κ3) is 8.96. The smallest absolute Gasteiger partial charge is 0.321 e. The van der Waals surface area contributed by atoms with Gasteiger partial charge in [0.25, 0.3) is 0 Å². The van der Waals surface area contributed by atoms with Crippen LogP contribution in [0.3, 0.4) is 0 Å². The molecule has 0 unspecified atom stereocenters. The number of aliphatic hydroxyl groups is 1. The van der Waals surface area contributed by atoms with E-state index in [2.05, 4.69) is 67.2 Å². The van der Waals surface area contributed by atoms with Crippen LogP contribution in [0.4, 0.5) is 4.79 Å². The monoisotopic (exact) mass is 746 g/mol. The van der Waals surface area contributed by atoms with E-state index in [1.165, 1.54) is 0 Å². The molecule has 0 bridgehead atoms. The number of nitrogens with zero attached hydrogens (tertiary/aromatic N) is 4. The van der Waals surface area contributed by atoms with E-state index in [1.54, 1.807) is 0 Å². The number of fused-ring (bicyclic) bond motifs is 2. The molecule has 7 rings (SSSR count). The molecular weight excluding hydrogens is 693 g/mol. The lowest BCUT2D eigenvalue weighted by Gasteiger charge is -2.37. The number of rotatable bonds is 14. The Morgan fingerprint density at radius 3 is 1.87 bits per heavy atom. The molecule has 2 saturated heterocycles. The summed E-state index contributed by atoms with van der Waals surface area (Å²) in [6, 6.07) is 35.2. The Hall–Kier alpha value is -4.32. The van der Waals surface area contributed by atoms with E-state index in [0.717, 1.165) is 51.4 Å². The van der Waals surface area contributed by atoms with Crippen LogP contribution in [-0.4, -0.2) is 75.5 Å². The molecule has 9 nitrogen and oxygen atoms in total. The van der Waals surface area contributed by atoms with Crippen LogP contribution in [0.2, 0.25) is 25.7 Å². The Balaban J connectivity index is 1.28. The third-order valence-electron chi connectivity index (χ3n) is 10.6. The first-order valence-electron chi connectivity index (χ1n) is 19.2. The molecule has 284 valence electrons. The van der Waals surface area contributed by atoms with Crippen molar-refractivity contribution in [3.05, 3.63) is 137 Å². The summed E-state index contributed by atoms with van der Waals surface area (Å²) in [6.45, 7) is 12.8. The van der Waals surface area contributed by atoms with Gasteiger partial charge in [-0.2, -0.15) is 5.10 Å². The molecule has 54 heavy (non-hydrogen) atoms. The van der Waals surface area contributed by atoms with Gasteiger partial charge in [0.1, 0.15) is 18.9 Å². The molecule has 2 aliphatic rings. The molecule has 0 saturated carbocycles. The number of urea groups is 1. The fraction of sp³-hybridized carbons (Fsp3) is 0.409. The Morgan fingerprint density at radius 2 is 1.30 bits per heavy atom. The van der Waals surface area contributed by atoms with E-state index in [9.17, 15) is 5.11 Å². The summed E-state index contributed by atoms with van der Waals surface area (Å²) in [5, 5.41) is 15.7. The summed E-state index contributed by atoms with van der Waals surface area (Å²) < 4.78 is 21.7. The van der Waals surface area contributed by atoms with Crippen molar-refractivity contribution >= 4 is 25.0 Å². The molecule has 0 aliphatic carbocycles. The predicted octanol–water partition coefficient (Wildman–Crippen LogP) is 8.02. The maximum atomic E-state index is 15.4. The molecule has 4 aromatic carbocycles. The summed E-state index contributed by atoms with van der Waals surface area (Å²) >= 11 is 0. The standard InChI is InChI=1S/C44H54N4O5Si/c1-44(2)52-41-39(25-32-13-8-6-9-14-32)46(28-34-17-12-18-36(23-34)30-49)43(50)47(40(42(41)53-44)26-33-15-10-7-11-16-33)29-35-19-20-38-37(24-35)27-45-48(38)31-51-21-22-54(3,4)5/h6-20,23-24,27,39-42,49H,21-22,25-26,28-31H2,1-5H3/t39-,40-,41+,42+/m1/s1. The van der Waals surface area contributed by atoms with Gasteiger partial charge in [-0.15, -0.1) is 0 Å². The highest BCUT2D eigenvalue weighted by atomic mass is 28.3. The van der Waals surface area contributed by atoms with Crippen molar-refractivity contribution in [3.63, 3.8) is 0 Å². The number of aliphatic hydroxyl groups excluding tert-OH is 1. The number of aromatic nitrogens is 2. The first-order chi connectivity index (χ1) is 26.0. The molecule has 10 heteroatoms. The van der Waals surface area contributed by atoms with Crippen molar-refractivity contribution < 1.29 is 24.1 Å². The van der Waals surface area contributed by atoms with E-state index in [-0.39, 0.29) is 24.7 Å². The number of ether oxygens (including phenoxy) is 3. The average Bonchev–Trinajstić information content (AvgIpc) is 3.70. The van der Waals surface area contributed by atoms with Gasteiger partial charge in [-0.25, -0.2) is 9.48 Å². The van der Waals surface area contributed by atoms with Gasteiger partial charge < -0.3 is 29.1 Å². The van der Waals surface area contributed by atoms with E-state index in [4.69, 9.17) is 14.2 Å². The zero-order chi connectivity index (χ0) is 37.9. The number of hydrogen-bond acceptors (Lipinski definition) is 6. The highest BCUT2D eigenvalue weighted by Crippen LogP contribution is 2.40. The average molecular weight is 747 g/mol. The molecule has 0 radical (unpaired) electrons. The molecule has 2 aliphatic heterocycles. The highest BCUT2D eigenvalue weighted by molar-refractivity contribution is 6.76. The summed E-state index contributed by atoms with van der Waals surface area (Å²) in [5.41, 5.74) is 6.01. The minimum Gasteiger partial charge on any atom is -0.392 e. The fourth-order valence-corrected chi connectivity index (χ4v) is 8.59. The number of carbonyl (C=O) groups excluding carboxylic acids is 1. The fourth-order valence-electron chi connectivity index (χ4n) is 7.84. The Bertz CT molecular complexity index is 2010. The van der Waals surface area contributed by atoms with Crippen molar-refractivity contribution in [2.45, 2.75) is 109 Å². The summed E-state index contributed by atoms with van der Waals surface area (Å²) in [7, 11) is -1.19. The highest BCUT2D eigenvalue weighted by Gasteiger charge is 2.55. The summed E-state index contributed by atoms with van der Waals surface area (Å²) in [5.74, 6) is -0.849. The third-order valence-corrected chi connectivity index (χ3v) is 12.3. The van der Waals surface area contributed by atoms with E-state index >= 15 is 4.79 Å². The maximum absolute atomic E-state index is 15.4. The van der Waals surface area contributed by atoms with Gasteiger partial charge >= 0.3 is 6.03 Å². The molecule has 5 aromatic rings. The van der Waals surface area contributed by atoms with Crippen molar-refractivity contribution in [1.29, 1.82) is 0 Å². The largest absolute Gasteiger partial charge is 0.392 e. The van der Waals surface area contributed by atoms with Crippen LogP contribution in [0.15, 0.2) is 109 Å². The second kappa shape index (κ2) is 16.2. The number of amides is 2. The minimum atomic E-state index is -1.19. The van der Waals surface area contributed by atoms with Gasteiger partial charge in [0.15, 0.2) is 5.79 Å². The molecule has 2 fully saturated rings. The first-order valence-corrected chi connectivity index (χ1v) is 22.9. The summed E-state index contributed by atoms with van der Waals surface area (Å²) in [4.78, 5) is 19.5. The molecule has 0 spiro atoms. The van der Waals surface area contributed by atoms with E-state index in [1.807, 2.05) is 95.2 Å². The van der Waals surface area contributed by atoms with Gasteiger partial charge in [0.05, 0.1) is 30.4 Å². The van der Waals surface area contributed by atoms with Crippen LogP contribution >= 0.6 is 0 Å².